The fraction of sp³-hybridized carbons (Fsp3) is 0.360. The van der Waals surface area contributed by atoms with E-state index in [4.69, 9.17) is 4.74 Å². The van der Waals surface area contributed by atoms with Crippen LogP contribution in [0.5, 0.6) is 0 Å². The first kappa shape index (κ1) is 22.8. The number of allylic oxidation sites excluding steroid dienone is 3. The van der Waals surface area contributed by atoms with E-state index in [1.165, 1.54) is 17.0 Å². The molecule has 32 heavy (non-hydrogen) atoms. The van der Waals surface area contributed by atoms with Gasteiger partial charge in [0.25, 0.3) is 0 Å². The van der Waals surface area contributed by atoms with E-state index in [0.717, 1.165) is 11.4 Å². The molecule has 168 valence electrons. The van der Waals surface area contributed by atoms with Gasteiger partial charge in [0.05, 0.1) is 5.57 Å². The molecule has 2 aliphatic rings. The number of ether oxygens (including phenoxy) is 1. The lowest BCUT2D eigenvalue weighted by Crippen LogP contribution is -2.36. The van der Waals surface area contributed by atoms with Crippen LogP contribution in [-0.4, -0.2) is 29.9 Å². The quantitative estimate of drug-likeness (QED) is 0.424. The minimum atomic E-state index is -0.634. The maximum Gasteiger partial charge on any atom is 0.336 e. The Morgan fingerprint density at radius 3 is 2.84 bits per heavy atom. The average molecular weight is 472 g/mol. The van der Waals surface area contributed by atoms with Crippen molar-refractivity contribution >= 4 is 34.9 Å². The van der Waals surface area contributed by atoms with Gasteiger partial charge in [0.1, 0.15) is 12.4 Å². The summed E-state index contributed by atoms with van der Waals surface area (Å²) in [6.45, 7) is 4.17. The third-order valence-corrected chi connectivity index (χ3v) is 7.74. The first-order valence-electron chi connectivity index (χ1n) is 10.8. The summed E-state index contributed by atoms with van der Waals surface area (Å²) in [5, 5.41) is 5.35. The van der Waals surface area contributed by atoms with E-state index < -0.39 is 17.7 Å². The number of hydrogen-bond donors (Lipinski definition) is 1. The molecule has 4 rings (SSSR count). The summed E-state index contributed by atoms with van der Waals surface area (Å²) in [4.78, 5) is 27.7. The molecule has 0 fully saturated rings. The summed E-state index contributed by atoms with van der Waals surface area (Å²) >= 11 is 3.34. The van der Waals surface area contributed by atoms with Gasteiger partial charge in [-0.05, 0) is 48.2 Å². The average Bonchev–Trinajstić information content (AvgIpc) is 3.30. The number of Topliss-reactive ketones (excluding diaryl/α,β-unsaturated/α-hetero) is 1. The van der Waals surface area contributed by atoms with Gasteiger partial charge in [-0.2, -0.15) is 11.8 Å². The highest BCUT2D eigenvalue weighted by Gasteiger charge is 2.41. The van der Waals surface area contributed by atoms with Gasteiger partial charge in [0.2, 0.25) is 0 Å². The number of esters is 1. The van der Waals surface area contributed by atoms with Crippen LogP contribution in [0.25, 0.3) is 0 Å². The zero-order valence-corrected chi connectivity index (χ0v) is 19.8. The summed E-state index contributed by atoms with van der Waals surface area (Å²) < 4.78 is 19.7. The summed E-state index contributed by atoms with van der Waals surface area (Å²) in [6, 6.07) is 10.2. The number of carbonyl (C=O) groups excluding carboxylic acids is 2. The SMILES string of the molecule is CCSCCOC(=O)C1=C(C)NC2=C(C(=O)CC(c3cccs3)C2)C1c1cccc(F)c1. The van der Waals surface area contributed by atoms with E-state index in [0.29, 0.717) is 47.6 Å². The molecular formula is C25H26FNO3S2. The highest BCUT2D eigenvalue weighted by Crippen LogP contribution is 2.46. The fourth-order valence-corrected chi connectivity index (χ4v) is 5.79. The number of benzene rings is 1. The molecule has 2 unspecified atom stereocenters. The molecule has 0 saturated heterocycles. The normalized spacial score (nSPS) is 20.8. The molecule has 0 saturated carbocycles. The Morgan fingerprint density at radius 2 is 2.12 bits per heavy atom. The number of ketones is 1. The van der Waals surface area contributed by atoms with Crippen molar-refractivity contribution in [3.8, 4) is 0 Å². The Morgan fingerprint density at radius 1 is 1.28 bits per heavy atom. The Labute approximate surface area is 195 Å². The molecule has 4 nitrogen and oxygen atoms in total. The topological polar surface area (TPSA) is 55.4 Å². The maximum absolute atomic E-state index is 14.2. The molecule has 2 heterocycles. The summed E-state index contributed by atoms with van der Waals surface area (Å²) in [7, 11) is 0. The van der Waals surface area contributed by atoms with Gasteiger partial charge < -0.3 is 10.1 Å². The van der Waals surface area contributed by atoms with Crippen LogP contribution in [0.2, 0.25) is 0 Å². The third-order valence-electron chi connectivity index (χ3n) is 5.84. The number of halogens is 1. The zero-order valence-electron chi connectivity index (χ0n) is 18.2. The summed E-state index contributed by atoms with van der Waals surface area (Å²) in [5.74, 6) is 0.267. The monoisotopic (exact) mass is 471 g/mol. The second-order valence-electron chi connectivity index (χ2n) is 7.92. The van der Waals surface area contributed by atoms with Gasteiger partial charge in [-0.15, -0.1) is 11.3 Å². The summed E-state index contributed by atoms with van der Waals surface area (Å²) in [6.07, 6.45) is 1.06. The molecule has 0 amide bonds. The molecule has 1 N–H and O–H groups in total. The molecule has 0 bridgehead atoms. The van der Waals surface area contributed by atoms with Crippen molar-refractivity contribution in [3.05, 3.63) is 80.6 Å². The predicted octanol–water partition coefficient (Wildman–Crippen LogP) is 5.55. The van der Waals surface area contributed by atoms with E-state index in [2.05, 4.69) is 18.3 Å². The second kappa shape index (κ2) is 10.0. The van der Waals surface area contributed by atoms with Crippen LogP contribution < -0.4 is 5.32 Å². The molecule has 1 aromatic heterocycles. The zero-order chi connectivity index (χ0) is 22.7. The molecule has 7 heteroatoms. The van der Waals surface area contributed by atoms with Crippen LogP contribution in [0.4, 0.5) is 4.39 Å². The first-order chi connectivity index (χ1) is 15.5. The van der Waals surface area contributed by atoms with E-state index in [1.807, 2.05) is 18.4 Å². The van der Waals surface area contributed by atoms with E-state index >= 15 is 0 Å². The van der Waals surface area contributed by atoms with E-state index in [9.17, 15) is 14.0 Å². The largest absolute Gasteiger partial charge is 0.461 e. The third kappa shape index (κ3) is 4.69. The number of carbonyl (C=O) groups is 2. The van der Waals surface area contributed by atoms with Crippen molar-refractivity contribution in [1.82, 2.24) is 5.32 Å². The van der Waals surface area contributed by atoms with Gasteiger partial charge in [-0.3, -0.25) is 4.79 Å². The fourth-order valence-electron chi connectivity index (χ4n) is 4.47. The van der Waals surface area contributed by atoms with Crippen molar-refractivity contribution in [1.29, 1.82) is 0 Å². The molecular weight excluding hydrogens is 445 g/mol. The highest BCUT2D eigenvalue weighted by molar-refractivity contribution is 7.99. The summed E-state index contributed by atoms with van der Waals surface area (Å²) in [5.41, 5.74) is 3.02. The van der Waals surface area contributed by atoms with Gasteiger partial charge in [-0.1, -0.05) is 25.1 Å². The molecule has 2 atom stereocenters. The minimum absolute atomic E-state index is 0.00857. The van der Waals surface area contributed by atoms with Crippen LogP contribution in [0.3, 0.4) is 0 Å². The van der Waals surface area contributed by atoms with Crippen molar-refractivity contribution < 1.29 is 18.7 Å². The number of thiophene rings is 1. The molecule has 0 radical (unpaired) electrons. The molecule has 2 aromatic rings. The Hall–Kier alpha value is -2.38. The van der Waals surface area contributed by atoms with Crippen LogP contribution in [0, 0.1) is 5.82 Å². The Kier molecular flexibility index (Phi) is 7.16. The van der Waals surface area contributed by atoms with Crippen LogP contribution in [0.15, 0.2) is 64.3 Å². The highest BCUT2D eigenvalue weighted by atomic mass is 32.2. The second-order valence-corrected chi connectivity index (χ2v) is 10.3. The number of nitrogens with one attached hydrogen (secondary N) is 1. The Bertz CT molecular complexity index is 1070. The van der Waals surface area contributed by atoms with Crippen molar-refractivity contribution in [2.24, 2.45) is 0 Å². The smallest absolute Gasteiger partial charge is 0.336 e. The van der Waals surface area contributed by atoms with E-state index in [1.54, 1.807) is 35.2 Å². The van der Waals surface area contributed by atoms with Gasteiger partial charge in [0, 0.05) is 45.9 Å². The lowest BCUT2D eigenvalue weighted by molar-refractivity contribution is -0.138. The molecule has 1 aromatic carbocycles. The lowest BCUT2D eigenvalue weighted by Gasteiger charge is -2.36. The molecule has 0 spiro atoms. The maximum atomic E-state index is 14.2. The van der Waals surface area contributed by atoms with Gasteiger partial charge in [-0.25, -0.2) is 9.18 Å². The van der Waals surface area contributed by atoms with Gasteiger partial charge >= 0.3 is 5.97 Å². The Balaban J connectivity index is 1.71. The standard InChI is InChI=1S/C25H26FNO3S2/c1-3-31-11-9-30-25(29)22-15(2)27-19-13-17(21-8-5-10-32-21)14-20(28)24(19)23(22)16-6-4-7-18(26)12-16/h4-8,10,12,17,23,27H,3,9,11,13-14H2,1-2H3. The van der Waals surface area contributed by atoms with Gasteiger partial charge in [0.15, 0.2) is 5.78 Å². The molecule has 1 aliphatic carbocycles. The predicted molar refractivity (Wildman–Crippen MR) is 127 cm³/mol. The van der Waals surface area contributed by atoms with Crippen molar-refractivity contribution in [2.45, 2.75) is 38.5 Å². The van der Waals surface area contributed by atoms with Crippen LogP contribution in [-0.2, 0) is 14.3 Å². The van der Waals surface area contributed by atoms with Crippen LogP contribution >= 0.6 is 23.1 Å². The van der Waals surface area contributed by atoms with Crippen LogP contribution in [0.1, 0.15) is 49.0 Å². The number of rotatable bonds is 7. The minimum Gasteiger partial charge on any atom is -0.461 e. The van der Waals surface area contributed by atoms with Crippen molar-refractivity contribution in [2.75, 3.05) is 18.1 Å². The molecule has 1 aliphatic heterocycles. The van der Waals surface area contributed by atoms with E-state index in [-0.39, 0.29) is 11.7 Å². The number of dihydropyridines is 1. The first-order valence-corrected chi connectivity index (χ1v) is 12.8. The number of hydrogen-bond acceptors (Lipinski definition) is 6. The number of thioether (sulfide) groups is 1. The lowest BCUT2D eigenvalue weighted by atomic mass is 9.72. The van der Waals surface area contributed by atoms with Crippen molar-refractivity contribution in [3.63, 3.8) is 0 Å².